The zero-order valence-corrected chi connectivity index (χ0v) is 7.49. The summed E-state index contributed by atoms with van der Waals surface area (Å²) in [6.45, 7) is 3.05. The fraction of sp³-hybridized carbons (Fsp3) is 0.857. The summed E-state index contributed by atoms with van der Waals surface area (Å²) in [4.78, 5) is 10.7. The molecule has 0 aliphatic carbocycles. The molecule has 0 heterocycles. The molecule has 0 saturated heterocycles. The third-order valence-corrected chi connectivity index (χ3v) is 1.30. The van der Waals surface area contributed by atoms with Crippen molar-refractivity contribution in [3.63, 3.8) is 0 Å². The van der Waals surface area contributed by atoms with E-state index in [1.165, 1.54) is 0 Å². The van der Waals surface area contributed by atoms with Crippen molar-refractivity contribution in [3.05, 3.63) is 0 Å². The molecule has 3 nitrogen and oxygen atoms in total. The Kier molecular flexibility index (Phi) is 7.36. The van der Waals surface area contributed by atoms with Crippen molar-refractivity contribution >= 4 is 17.7 Å². The van der Waals surface area contributed by atoms with E-state index >= 15 is 0 Å². The lowest BCUT2D eigenvalue weighted by atomic mass is 10.5. The van der Waals surface area contributed by atoms with Crippen LogP contribution in [0.1, 0.15) is 19.8 Å². The van der Waals surface area contributed by atoms with Gasteiger partial charge in [-0.2, -0.15) is 0 Å². The summed E-state index contributed by atoms with van der Waals surface area (Å²) >= 11 is 5.38. The largest absolute Gasteiger partial charge is 0.450 e. The van der Waals surface area contributed by atoms with Gasteiger partial charge in [0.15, 0.2) is 0 Å². The van der Waals surface area contributed by atoms with Crippen molar-refractivity contribution < 1.29 is 9.53 Å². The molecule has 0 unspecified atom stereocenters. The Bertz CT molecular complexity index is 109. The number of ether oxygens (including phenoxy) is 1. The molecule has 0 fully saturated rings. The lowest BCUT2D eigenvalue weighted by Crippen LogP contribution is -2.25. The summed E-state index contributed by atoms with van der Waals surface area (Å²) in [7, 11) is 0. The second-order valence-corrected chi connectivity index (χ2v) is 2.48. The second kappa shape index (κ2) is 7.66. The van der Waals surface area contributed by atoms with Gasteiger partial charge in [0.2, 0.25) is 0 Å². The number of carbonyl (C=O) groups is 1. The monoisotopic (exact) mass is 179 g/mol. The Morgan fingerprint density at radius 2 is 2.36 bits per heavy atom. The molecule has 4 heteroatoms. The Balaban J connectivity index is 3.09. The fourth-order valence-corrected chi connectivity index (χ4v) is 0.607. The third kappa shape index (κ3) is 7.46. The summed E-state index contributed by atoms with van der Waals surface area (Å²) in [6.07, 6.45) is 1.28. The molecule has 0 atom stereocenters. The highest BCUT2D eigenvalue weighted by atomic mass is 35.5. The molecule has 0 aromatic rings. The Labute approximate surface area is 72.1 Å². The Morgan fingerprint density at radius 3 is 2.91 bits per heavy atom. The van der Waals surface area contributed by atoms with Gasteiger partial charge in [-0.25, -0.2) is 4.79 Å². The van der Waals surface area contributed by atoms with E-state index in [9.17, 15) is 4.79 Å². The molecular weight excluding hydrogens is 166 g/mol. The molecule has 1 amide bonds. The molecule has 0 saturated carbocycles. The summed E-state index contributed by atoms with van der Waals surface area (Å²) in [5.41, 5.74) is 0. The summed E-state index contributed by atoms with van der Waals surface area (Å²) in [5, 5.41) is 2.59. The molecule has 0 aromatic heterocycles. The number of nitrogens with one attached hydrogen (secondary N) is 1. The maximum atomic E-state index is 10.7. The van der Waals surface area contributed by atoms with Gasteiger partial charge in [-0.3, -0.25) is 0 Å². The molecule has 0 spiro atoms. The number of carbonyl (C=O) groups excluding carboxylic acids is 1. The van der Waals surface area contributed by atoms with Crippen LogP contribution in [0.15, 0.2) is 0 Å². The standard InChI is InChI=1S/C7H14ClNO2/c1-2-5-9-7(10)11-6-3-4-8/h2-6H2,1H3,(H,9,10). The smallest absolute Gasteiger partial charge is 0.407 e. The fourth-order valence-electron chi connectivity index (χ4n) is 0.498. The zero-order chi connectivity index (χ0) is 8.53. The van der Waals surface area contributed by atoms with Crippen molar-refractivity contribution in [1.82, 2.24) is 5.32 Å². The summed E-state index contributed by atoms with van der Waals surface area (Å²) in [5.74, 6) is 0.529. The Morgan fingerprint density at radius 1 is 1.64 bits per heavy atom. The predicted octanol–water partition coefficient (Wildman–Crippen LogP) is 1.75. The van der Waals surface area contributed by atoms with Crippen LogP contribution in [-0.2, 0) is 4.74 Å². The van der Waals surface area contributed by atoms with E-state index in [1.54, 1.807) is 0 Å². The first kappa shape index (κ1) is 10.6. The van der Waals surface area contributed by atoms with E-state index in [0.29, 0.717) is 25.5 Å². The number of alkyl carbamates (subject to hydrolysis) is 1. The van der Waals surface area contributed by atoms with Crippen LogP contribution in [-0.4, -0.2) is 25.1 Å². The van der Waals surface area contributed by atoms with E-state index in [1.807, 2.05) is 6.92 Å². The SMILES string of the molecule is CCCNC(=O)OCCCCl. The minimum Gasteiger partial charge on any atom is -0.450 e. The van der Waals surface area contributed by atoms with Gasteiger partial charge in [-0.05, 0) is 12.8 Å². The number of hydrogen-bond donors (Lipinski definition) is 1. The van der Waals surface area contributed by atoms with Gasteiger partial charge in [0, 0.05) is 12.4 Å². The van der Waals surface area contributed by atoms with E-state index < -0.39 is 0 Å². The first-order chi connectivity index (χ1) is 5.31. The van der Waals surface area contributed by atoms with Crippen LogP contribution in [0.5, 0.6) is 0 Å². The van der Waals surface area contributed by atoms with Crippen LogP contribution in [0.25, 0.3) is 0 Å². The molecular formula is C7H14ClNO2. The van der Waals surface area contributed by atoms with Crippen LogP contribution in [0.4, 0.5) is 4.79 Å². The lowest BCUT2D eigenvalue weighted by Gasteiger charge is -2.03. The highest BCUT2D eigenvalue weighted by molar-refractivity contribution is 6.17. The van der Waals surface area contributed by atoms with Crippen LogP contribution < -0.4 is 5.32 Å². The molecule has 11 heavy (non-hydrogen) atoms. The van der Waals surface area contributed by atoms with Crippen molar-refractivity contribution in [3.8, 4) is 0 Å². The van der Waals surface area contributed by atoms with Crippen molar-refractivity contribution in [2.45, 2.75) is 19.8 Å². The summed E-state index contributed by atoms with van der Waals surface area (Å²) < 4.78 is 4.75. The molecule has 0 aromatic carbocycles. The topological polar surface area (TPSA) is 38.3 Å². The van der Waals surface area contributed by atoms with Gasteiger partial charge < -0.3 is 10.1 Å². The molecule has 1 N–H and O–H groups in total. The zero-order valence-electron chi connectivity index (χ0n) is 6.73. The van der Waals surface area contributed by atoms with E-state index in [0.717, 1.165) is 6.42 Å². The van der Waals surface area contributed by atoms with E-state index in [-0.39, 0.29) is 6.09 Å². The van der Waals surface area contributed by atoms with Crippen LogP contribution >= 0.6 is 11.6 Å². The maximum absolute atomic E-state index is 10.7. The average Bonchev–Trinajstić information content (AvgIpc) is 2.01. The minimum atomic E-state index is -0.350. The van der Waals surface area contributed by atoms with Crippen LogP contribution in [0, 0.1) is 0 Å². The molecule has 0 bridgehead atoms. The van der Waals surface area contributed by atoms with Gasteiger partial charge in [0.05, 0.1) is 6.61 Å². The predicted molar refractivity (Wildman–Crippen MR) is 45.0 cm³/mol. The van der Waals surface area contributed by atoms with Crippen molar-refractivity contribution in [1.29, 1.82) is 0 Å². The highest BCUT2D eigenvalue weighted by Crippen LogP contribution is 1.86. The number of amides is 1. The van der Waals surface area contributed by atoms with E-state index in [2.05, 4.69) is 5.32 Å². The molecule has 66 valence electrons. The lowest BCUT2D eigenvalue weighted by molar-refractivity contribution is 0.146. The van der Waals surface area contributed by atoms with Gasteiger partial charge in [-0.15, -0.1) is 11.6 Å². The van der Waals surface area contributed by atoms with Crippen LogP contribution in [0.3, 0.4) is 0 Å². The number of halogens is 1. The van der Waals surface area contributed by atoms with Gasteiger partial charge in [0.1, 0.15) is 0 Å². The van der Waals surface area contributed by atoms with Crippen LogP contribution in [0.2, 0.25) is 0 Å². The van der Waals surface area contributed by atoms with Gasteiger partial charge in [-0.1, -0.05) is 6.92 Å². The third-order valence-electron chi connectivity index (χ3n) is 1.03. The number of rotatable bonds is 5. The van der Waals surface area contributed by atoms with Gasteiger partial charge >= 0.3 is 6.09 Å². The van der Waals surface area contributed by atoms with Crippen molar-refractivity contribution in [2.24, 2.45) is 0 Å². The maximum Gasteiger partial charge on any atom is 0.407 e. The molecule has 0 radical (unpaired) electrons. The first-order valence-electron chi connectivity index (χ1n) is 3.77. The molecule has 0 rings (SSSR count). The quantitative estimate of drug-likeness (QED) is 0.516. The second-order valence-electron chi connectivity index (χ2n) is 2.11. The highest BCUT2D eigenvalue weighted by Gasteiger charge is 1.97. The molecule has 0 aliphatic heterocycles. The normalized spacial score (nSPS) is 9.27. The minimum absolute atomic E-state index is 0.350. The Hall–Kier alpha value is -0.440. The number of hydrogen-bond acceptors (Lipinski definition) is 2. The van der Waals surface area contributed by atoms with Crippen molar-refractivity contribution in [2.75, 3.05) is 19.0 Å². The van der Waals surface area contributed by atoms with E-state index in [4.69, 9.17) is 16.3 Å². The van der Waals surface area contributed by atoms with Gasteiger partial charge in [0.25, 0.3) is 0 Å². The molecule has 0 aliphatic rings. The first-order valence-corrected chi connectivity index (χ1v) is 4.31. The summed E-state index contributed by atoms with van der Waals surface area (Å²) in [6, 6.07) is 0. The number of alkyl halides is 1. The average molecular weight is 180 g/mol.